The van der Waals surface area contributed by atoms with Crippen LogP contribution in [0.3, 0.4) is 0 Å². The first-order valence-electron chi connectivity index (χ1n) is 7.81. The van der Waals surface area contributed by atoms with E-state index in [0.717, 1.165) is 5.56 Å². The van der Waals surface area contributed by atoms with E-state index in [9.17, 15) is 13.2 Å². The van der Waals surface area contributed by atoms with Crippen LogP contribution in [0.4, 0.5) is 13.2 Å². The molecule has 2 rings (SSSR count). The van der Waals surface area contributed by atoms with Crippen molar-refractivity contribution in [3.05, 3.63) is 35.4 Å². The molecule has 1 saturated carbocycles. The minimum Gasteiger partial charge on any atom is -0.307 e. The van der Waals surface area contributed by atoms with Gasteiger partial charge in [-0.05, 0) is 50.3 Å². The van der Waals surface area contributed by atoms with E-state index in [1.165, 1.54) is 44.2 Å². The molecule has 2 atom stereocenters. The zero-order chi connectivity index (χ0) is 15.5. The van der Waals surface area contributed by atoms with Gasteiger partial charge >= 0.3 is 6.18 Å². The summed E-state index contributed by atoms with van der Waals surface area (Å²) < 4.78 is 37.7. The fourth-order valence-electron chi connectivity index (χ4n) is 3.22. The molecule has 0 amide bonds. The minimum atomic E-state index is -4.26. The van der Waals surface area contributed by atoms with Crippen LogP contribution in [0.1, 0.15) is 63.1 Å². The zero-order valence-corrected chi connectivity index (χ0v) is 12.7. The lowest BCUT2D eigenvalue weighted by molar-refractivity contribution is -0.137. The fraction of sp³-hybridized carbons (Fsp3) is 0.647. The van der Waals surface area contributed by atoms with Gasteiger partial charge in [-0.25, -0.2) is 0 Å². The summed E-state index contributed by atoms with van der Waals surface area (Å²) >= 11 is 0. The molecule has 1 nitrogen and oxygen atoms in total. The highest BCUT2D eigenvalue weighted by atomic mass is 19.4. The van der Waals surface area contributed by atoms with Gasteiger partial charge in [0.25, 0.3) is 0 Å². The third kappa shape index (κ3) is 4.47. The van der Waals surface area contributed by atoms with Crippen molar-refractivity contribution in [2.75, 3.05) is 0 Å². The van der Waals surface area contributed by atoms with E-state index in [4.69, 9.17) is 0 Å². The molecule has 1 aromatic carbocycles. The predicted molar refractivity (Wildman–Crippen MR) is 79.0 cm³/mol. The van der Waals surface area contributed by atoms with Crippen molar-refractivity contribution in [2.24, 2.45) is 5.92 Å². The maximum Gasteiger partial charge on any atom is 0.416 e. The van der Waals surface area contributed by atoms with Crippen LogP contribution < -0.4 is 5.32 Å². The maximum absolute atomic E-state index is 12.6. The largest absolute Gasteiger partial charge is 0.416 e. The monoisotopic (exact) mass is 299 g/mol. The van der Waals surface area contributed by atoms with Crippen LogP contribution in [0.25, 0.3) is 0 Å². The first kappa shape index (κ1) is 16.3. The van der Waals surface area contributed by atoms with Crippen molar-refractivity contribution >= 4 is 0 Å². The van der Waals surface area contributed by atoms with Crippen LogP contribution in [0.5, 0.6) is 0 Å². The normalized spacial score (nSPS) is 20.2. The van der Waals surface area contributed by atoms with Crippen molar-refractivity contribution in [1.29, 1.82) is 0 Å². The molecule has 0 spiro atoms. The second-order valence-electron chi connectivity index (χ2n) is 6.19. The van der Waals surface area contributed by atoms with E-state index >= 15 is 0 Å². The molecule has 1 aromatic rings. The minimum absolute atomic E-state index is 0.0733. The molecule has 0 heterocycles. The summed E-state index contributed by atoms with van der Waals surface area (Å²) in [5.74, 6) is 0.690. The molecule has 0 aromatic heterocycles. The smallest absolute Gasteiger partial charge is 0.307 e. The van der Waals surface area contributed by atoms with Crippen molar-refractivity contribution in [3.63, 3.8) is 0 Å². The van der Waals surface area contributed by atoms with E-state index in [-0.39, 0.29) is 6.04 Å². The quantitative estimate of drug-likeness (QED) is 0.793. The molecule has 1 aliphatic carbocycles. The summed E-state index contributed by atoms with van der Waals surface area (Å²) in [6.45, 7) is 4.21. The van der Waals surface area contributed by atoms with Crippen molar-refractivity contribution in [1.82, 2.24) is 5.32 Å². The van der Waals surface area contributed by atoms with E-state index in [1.807, 2.05) is 6.92 Å². The number of hydrogen-bond donors (Lipinski definition) is 1. The molecular weight excluding hydrogens is 275 g/mol. The average Bonchev–Trinajstić information content (AvgIpc) is 2.47. The second kappa shape index (κ2) is 6.82. The molecule has 1 fully saturated rings. The van der Waals surface area contributed by atoms with Crippen molar-refractivity contribution in [3.8, 4) is 0 Å². The first-order chi connectivity index (χ1) is 9.88. The van der Waals surface area contributed by atoms with Gasteiger partial charge in [-0.1, -0.05) is 31.4 Å². The lowest BCUT2D eigenvalue weighted by Gasteiger charge is -2.31. The molecule has 1 aliphatic rings. The number of rotatable bonds is 4. The summed E-state index contributed by atoms with van der Waals surface area (Å²) in [5.41, 5.74) is 0.324. The van der Waals surface area contributed by atoms with Gasteiger partial charge in [-0.3, -0.25) is 0 Å². The van der Waals surface area contributed by atoms with Gasteiger partial charge in [-0.15, -0.1) is 0 Å². The van der Waals surface area contributed by atoms with Crippen LogP contribution in [0.2, 0.25) is 0 Å². The summed E-state index contributed by atoms with van der Waals surface area (Å²) in [4.78, 5) is 0. The number of alkyl halides is 3. The van der Waals surface area contributed by atoms with Crippen LogP contribution in [0.15, 0.2) is 24.3 Å². The molecule has 0 aliphatic heterocycles. The summed E-state index contributed by atoms with van der Waals surface area (Å²) in [6.07, 6.45) is 2.18. The van der Waals surface area contributed by atoms with Gasteiger partial charge in [0.15, 0.2) is 0 Å². The number of halogens is 3. The molecule has 1 N–H and O–H groups in total. The molecule has 4 heteroatoms. The summed E-state index contributed by atoms with van der Waals surface area (Å²) in [6, 6.07) is 5.96. The first-order valence-corrected chi connectivity index (χ1v) is 7.81. The molecular formula is C17H24F3N. The Kier molecular flexibility index (Phi) is 5.31. The summed E-state index contributed by atoms with van der Waals surface area (Å²) in [5, 5.41) is 3.54. The molecule has 1 unspecified atom stereocenters. The molecule has 21 heavy (non-hydrogen) atoms. The van der Waals surface area contributed by atoms with Crippen molar-refractivity contribution in [2.45, 2.75) is 64.2 Å². The lowest BCUT2D eigenvalue weighted by atomic mass is 9.84. The lowest BCUT2D eigenvalue weighted by Crippen LogP contribution is -2.36. The fourth-order valence-corrected chi connectivity index (χ4v) is 3.22. The number of nitrogens with one attached hydrogen (secondary N) is 1. The van der Waals surface area contributed by atoms with Crippen LogP contribution in [-0.2, 0) is 6.18 Å². The Morgan fingerprint density at radius 1 is 1.00 bits per heavy atom. The third-order valence-electron chi connectivity index (χ3n) is 4.61. The van der Waals surface area contributed by atoms with Crippen LogP contribution in [-0.4, -0.2) is 6.04 Å². The Hall–Kier alpha value is -1.03. The second-order valence-corrected chi connectivity index (χ2v) is 6.19. The molecule has 118 valence electrons. The van der Waals surface area contributed by atoms with Gasteiger partial charge in [-0.2, -0.15) is 13.2 Å². The third-order valence-corrected chi connectivity index (χ3v) is 4.61. The average molecular weight is 299 g/mol. The van der Waals surface area contributed by atoms with Gasteiger partial charge in [0.2, 0.25) is 0 Å². The number of hydrogen-bond acceptors (Lipinski definition) is 1. The van der Waals surface area contributed by atoms with E-state index in [0.29, 0.717) is 12.0 Å². The molecule has 0 saturated heterocycles. The highest BCUT2D eigenvalue weighted by Crippen LogP contribution is 2.31. The predicted octanol–water partition coefficient (Wildman–Crippen LogP) is 5.32. The molecule has 0 radical (unpaired) electrons. The van der Waals surface area contributed by atoms with Gasteiger partial charge < -0.3 is 5.32 Å². The molecule has 0 bridgehead atoms. The SMILES string of the molecule is CC(N[C@@H](C)C1CCCCC1)c1ccc(C(F)(F)F)cc1. The summed E-state index contributed by atoms with van der Waals surface area (Å²) in [7, 11) is 0. The van der Waals surface area contributed by atoms with Crippen LogP contribution in [0, 0.1) is 5.92 Å². The van der Waals surface area contributed by atoms with Crippen molar-refractivity contribution < 1.29 is 13.2 Å². The highest BCUT2D eigenvalue weighted by molar-refractivity contribution is 5.26. The van der Waals surface area contributed by atoms with Gasteiger partial charge in [0.1, 0.15) is 0 Å². The topological polar surface area (TPSA) is 12.0 Å². The van der Waals surface area contributed by atoms with E-state index in [2.05, 4.69) is 12.2 Å². The Bertz CT molecular complexity index is 432. The standard InChI is InChI=1S/C17H24F3N/c1-12(14-6-4-3-5-7-14)21-13(2)15-8-10-16(11-9-15)17(18,19)20/h8-14,21H,3-7H2,1-2H3/t12-,13?/m0/s1. The van der Waals surface area contributed by atoms with E-state index in [1.54, 1.807) is 12.1 Å². The Morgan fingerprint density at radius 2 is 1.57 bits per heavy atom. The van der Waals surface area contributed by atoms with Gasteiger partial charge in [0, 0.05) is 12.1 Å². The highest BCUT2D eigenvalue weighted by Gasteiger charge is 2.30. The Morgan fingerprint density at radius 3 is 2.10 bits per heavy atom. The van der Waals surface area contributed by atoms with E-state index < -0.39 is 11.7 Å². The van der Waals surface area contributed by atoms with Crippen LogP contribution >= 0.6 is 0 Å². The Labute approximate surface area is 124 Å². The Balaban J connectivity index is 1.94. The maximum atomic E-state index is 12.6. The number of benzene rings is 1. The van der Waals surface area contributed by atoms with Gasteiger partial charge in [0.05, 0.1) is 5.56 Å². The zero-order valence-electron chi connectivity index (χ0n) is 12.7.